The highest BCUT2D eigenvalue weighted by Crippen LogP contribution is 2.07. The summed E-state index contributed by atoms with van der Waals surface area (Å²) in [6.45, 7) is 2.40. The van der Waals surface area contributed by atoms with Gasteiger partial charge in [-0.2, -0.15) is 0 Å². The number of aromatic nitrogens is 2. The Morgan fingerprint density at radius 1 is 1.75 bits per heavy atom. The summed E-state index contributed by atoms with van der Waals surface area (Å²) in [5.74, 6) is -0.0883. The average molecular weight is 166 g/mol. The highest BCUT2D eigenvalue weighted by atomic mass is 16.1. The number of carbonyl (C=O) groups is 1. The molecule has 0 atom stereocenters. The zero-order valence-electron chi connectivity index (χ0n) is 6.58. The van der Waals surface area contributed by atoms with E-state index in [1.807, 2.05) is 4.57 Å². The molecule has 64 valence electrons. The van der Waals surface area contributed by atoms with Crippen LogP contribution in [-0.4, -0.2) is 22.0 Å². The first-order valence-electron chi connectivity index (χ1n) is 3.84. The molecule has 1 aliphatic heterocycles. The van der Waals surface area contributed by atoms with Crippen LogP contribution in [0.3, 0.4) is 0 Å². The SMILES string of the molecule is NC(=O)c1ncc2n1CCNC2. The van der Waals surface area contributed by atoms with Crippen molar-refractivity contribution >= 4 is 5.91 Å². The maximum absolute atomic E-state index is 10.9. The summed E-state index contributed by atoms with van der Waals surface area (Å²) in [4.78, 5) is 14.8. The first-order valence-corrected chi connectivity index (χ1v) is 3.84. The Labute approximate surface area is 69.6 Å². The van der Waals surface area contributed by atoms with Gasteiger partial charge in [-0.15, -0.1) is 0 Å². The van der Waals surface area contributed by atoms with E-state index in [1.54, 1.807) is 6.20 Å². The fraction of sp³-hybridized carbons (Fsp3) is 0.429. The lowest BCUT2D eigenvalue weighted by Gasteiger charge is -2.16. The van der Waals surface area contributed by atoms with Crippen LogP contribution in [0.25, 0.3) is 0 Å². The van der Waals surface area contributed by atoms with Crippen molar-refractivity contribution in [3.05, 3.63) is 17.7 Å². The molecule has 2 rings (SSSR count). The summed E-state index contributed by atoms with van der Waals surface area (Å²) in [5, 5.41) is 3.18. The number of imidazole rings is 1. The molecule has 3 N–H and O–H groups in total. The van der Waals surface area contributed by atoms with Gasteiger partial charge in [-0.05, 0) is 0 Å². The van der Waals surface area contributed by atoms with Gasteiger partial charge >= 0.3 is 0 Å². The lowest BCUT2D eigenvalue weighted by atomic mass is 10.3. The van der Waals surface area contributed by atoms with Crippen LogP contribution in [-0.2, 0) is 13.1 Å². The number of nitrogens with two attached hydrogens (primary N) is 1. The molecule has 1 aromatic heterocycles. The van der Waals surface area contributed by atoms with E-state index < -0.39 is 5.91 Å². The molecule has 1 aliphatic rings. The number of carbonyl (C=O) groups excluding carboxylic acids is 1. The molecule has 0 saturated heterocycles. The van der Waals surface area contributed by atoms with E-state index in [0.29, 0.717) is 5.82 Å². The topological polar surface area (TPSA) is 72.9 Å². The van der Waals surface area contributed by atoms with Crippen LogP contribution in [0.15, 0.2) is 6.20 Å². The molecule has 0 saturated carbocycles. The molecule has 0 aromatic carbocycles. The molecule has 0 aliphatic carbocycles. The van der Waals surface area contributed by atoms with Gasteiger partial charge in [0.2, 0.25) is 0 Å². The van der Waals surface area contributed by atoms with Crippen molar-refractivity contribution in [3.63, 3.8) is 0 Å². The Balaban J connectivity index is 2.44. The fourth-order valence-corrected chi connectivity index (χ4v) is 1.41. The molecular formula is C7H10N4O. The van der Waals surface area contributed by atoms with E-state index in [0.717, 1.165) is 25.3 Å². The molecule has 0 unspecified atom stereocenters. The molecule has 5 nitrogen and oxygen atoms in total. The van der Waals surface area contributed by atoms with Crippen molar-refractivity contribution in [1.29, 1.82) is 0 Å². The van der Waals surface area contributed by atoms with Gasteiger partial charge in [0.1, 0.15) is 0 Å². The monoisotopic (exact) mass is 166 g/mol. The minimum Gasteiger partial charge on any atom is -0.363 e. The minimum absolute atomic E-state index is 0.367. The Morgan fingerprint density at radius 2 is 2.58 bits per heavy atom. The van der Waals surface area contributed by atoms with E-state index in [2.05, 4.69) is 10.3 Å². The predicted octanol–water partition coefficient (Wildman–Crippen LogP) is -0.915. The quantitative estimate of drug-likeness (QED) is 0.567. The molecule has 0 bridgehead atoms. The van der Waals surface area contributed by atoms with Crippen molar-refractivity contribution in [2.45, 2.75) is 13.1 Å². The third-order valence-electron chi connectivity index (χ3n) is 1.98. The van der Waals surface area contributed by atoms with Crippen LogP contribution in [0.2, 0.25) is 0 Å². The summed E-state index contributed by atoms with van der Waals surface area (Å²) < 4.78 is 1.86. The van der Waals surface area contributed by atoms with Crippen LogP contribution in [0.5, 0.6) is 0 Å². The fourth-order valence-electron chi connectivity index (χ4n) is 1.41. The van der Waals surface area contributed by atoms with E-state index in [4.69, 9.17) is 5.73 Å². The maximum atomic E-state index is 10.9. The second kappa shape index (κ2) is 2.60. The first kappa shape index (κ1) is 7.30. The number of primary amides is 1. The van der Waals surface area contributed by atoms with E-state index in [1.165, 1.54) is 0 Å². The molecule has 0 radical (unpaired) electrons. The van der Waals surface area contributed by atoms with Crippen molar-refractivity contribution in [1.82, 2.24) is 14.9 Å². The zero-order valence-corrected chi connectivity index (χ0v) is 6.58. The van der Waals surface area contributed by atoms with Gasteiger partial charge in [-0.3, -0.25) is 4.79 Å². The van der Waals surface area contributed by atoms with Gasteiger partial charge in [0.15, 0.2) is 5.82 Å². The normalized spacial score (nSPS) is 15.7. The number of amides is 1. The summed E-state index contributed by atoms with van der Waals surface area (Å²) in [6, 6.07) is 0. The van der Waals surface area contributed by atoms with Crippen molar-refractivity contribution in [2.75, 3.05) is 6.54 Å². The Kier molecular flexibility index (Phi) is 1.58. The molecule has 1 aromatic rings. The second-order valence-corrected chi connectivity index (χ2v) is 2.77. The van der Waals surface area contributed by atoms with Crippen LogP contribution >= 0.6 is 0 Å². The standard InChI is InChI=1S/C7H10N4O/c8-6(12)7-10-4-5-3-9-1-2-11(5)7/h4,9H,1-3H2,(H2,8,12). The predicted molar refractivity (Wildman–Crippen MR) is 42.5 cm³/mol. The second-order valence-electron chi connectivity index (χ2n) is 2.77. The van der Waals surface area contributed by atoms with E-state index in [9.17, 15) is 4.79 Å². The Bertz CT molecular complexity index is 317. The summed E-state index contributed by atoms with van der Waals surface area (Å²) in [6.07, 6.45) is 1.69. The van der Waals surface area contributed by atoms with Crippen LogP contribution in [0, 0.1) is 0 Å². The molecular weight excluding hydrogens is 156 g/mol. The maximum Gasteiger partial charge on any atom is 0.284 e. The van der Waals surface area contributed by atoms with Gasteiger partial charge in [0, 0.05) is 19.6 Å². The minimum atomic E-state index is -0.455. The van der Waals surface area contributed by atoms with Crippen molar-refractivity contribution in [3.8, 4) is 0 Å². The lowest BCUT2D eigenvalue weighted by Crippen LogP contribution is -2.30. The van der Waals surface area contributed by atoms with Crippen molar-refractivity contribution in [2.24, 2.45) is 5.73 Å². The molecule has 0 fully saturated rings. The van der Waals surface area contributed by atoms with Gasteiger partial charge in [0.25, 0.3) is 5.91 Å². The van der Waals surface area contributed by atoms with Gasteiger partial charge in [-0.1, -0.05) is 0 Å². The lowest BCUT2D eigenvalue weighted by molar-refractivity contribution is 0.0985. The Hall–Kier alpha value is -1.36. The zero-order chi connectivity index (χ0) is 8.55. The number of hydrogen-bond acceptors (Lipinski definition) is 3. The Morgan fingerprint density at radius 3 is 3.33 bits per heavy atom. The van der Waals surface area contributed by atoms with Crippen LogP contribution in [0.4, 0.5) is 0 Å². The molecule has 12 heavy (non-hydrogen) atoms. The molecule has 5 heteroatoms. The largest absolute Gasteiger partial charge is 0.363 e. The highest BCUT2D eigenvalue weighted by molar-refractivity contribution is 5.89. The summed E-state index contributed by atoms with van der Waals surface area (Å²) in [7, 11) is 0. The smallest absolute Gasteiger partial charge is 0.284 e. The molecule has 0 spiro atoms. The van der Waals surface area contributed by atoms with Gasteiger partial charge < -0.3 is 15.6 Å². The third kappa shape index (κ3) is 0.984. The number of nitrogens with zero attached hydrogens (tertiary/aromatic N) is 2. The highest BCUT2D eigenvalue weighted by Gasteiger charge is 2.16. The van der Waals surface area contributed by atoms with Crippen LogP contribution < -0.4 is 11.1 Å². The number of rotatable bonds is 1. The van der Waals surface area contributed by atoms with Gasteiger partial charge in [-0.25, -0.2) is 4.98 Å². The molecule has 2 heterocycles. The van der Waals surface area contributed by atoms with Crippen molar-refractivity contribution < 1.29 is 4.79 Å². The third-order valence-corrected chi connectivity index (χ3v) is 1.98. The van der Waals surface area contributed by atoms with Gasteiger partial charge in [0.05, 0.1) is 11.9 Å². The number of fused-ring (bicyclic) bond motifs is 1. The van der Waals surface area contributed by atoms with E-state index in [-0.39, 0.29) is 0 Å². The first-order chi connectivity index (χ1) is 5.79. The summed E-state index contributed by atoms with van der Waals surface area (Å²) in [5.41, 5.74) is 6.16. The van der Waals surface area contributed by atoms with E-state index >= 15 is 0 Å². The number of nitrogens with one attached hydrogen (secondary N) is 1. The number of hydrogen-bond donors (Lipinski definition) is 2. The molecule has 1 amide bonds. The summed E-state index contributed by atoms with van der Waals surface area (Å²) >= 11 is 0. The average Bonchev–Trinajstić information content (AvgIpc) is 2.47. The van der Waals surface area contributed by atoms with Crippen LogP contribution in [0.1, 0.15) is 16.3 Å².